The quantitative estimate of drug-likeness (QED) is 0.651. The van der Waals surface area contributed by atoms with Crippen LogP contribution in [0, 0.1) is 0 Å². The van der Waals surface area contributed by atoms with Crippen molar-refractivity contribution >= 4 is 17.2 Å². The number of aryl methyl sites for hydroxylation is 1. The lowest BCUT2D eigenvalue weighted by Gasteiger charge is -2.14. The Morgan fingerprint density at radius 1 is 1.27 bits per heavy atom. The summed E-state index contributed by atoms with van der Waals surface area (Å²) in [6.45, 7) is 4.37. The van der Waals surface area contributed by atoms with Crippen molar-refractivity contribution in [2.24, 2.45) is 0 Å². The van der Waals surface area contributed by atoms with Gasteiger partial charge in [-0.2, -0.15) is 11.3 Å². The van der Waals surface area contributed by atoms with Crippen molar-refractivity contribution < 1.29 is 13.9 Å². The van der Waals surface area contributed by atoms with E-state index in [-0.39, 0.29) is 12.0 Å². The van der Waals surface area contributed by atoms with Gasteiger partial charge in [0, 0.05) is 35.9 Å². The molecule has 136 valence electrons. The van der Waals surface area contributed by atoms with E-state index in [1.54, 1.807) is 11.3 Å². The molecule has 2 aromatic heterocycles. The SMILES string of the molecule is CC(C)Oc1ccccc1CNC(=O)CCc1nnc(-c2ccsc2)o1. The van der Waals surface area contributed by atoms with Crippen molar-refractivity contribution in [1.29, 1.82) is 0 Å². The van der Waals surface area contributed by atoms with Gasteiger partial charge in [0.15, 0.2) is 0 Å². The van der Waals surface area contributed by atoms with Crippen molar-refractivity contribution in [3.05, 3.63) is 52.5 Å². The maximum absolute atomic E-state index is 12.1. The van der Waals surface area contributed by atoms with Crippen LogP contribution in [0.2, 0.25) is 0 Å². The highest BCUT2D eigenvalue weighted by Crippen LogP contribution is 2.21. The third-order valence-electron chi connectivity index (χ3n) is 3.61. The summed E-state index contributed by atoms with van der Waals surface area (Å²) in [4.78, 5) is 12.1. The molecule has 0 saturated heterocycles. The number of carbonyl (C=O) groups excluding carboxylic acids is 1. The Kier molecular flexibility index (Phi) is 6.01. The lowest BCUT2D eigenvalue weighted by molar-refractivity contribution is -0.121. The summed E-state index contributed by atoms with van der Waals surface area (Å²) in [5, 5.41) is 14.8. The van der Waals surface area contributed by atoms with Gasteiger partial charge in [0.05, 0.1) is 6.10 Å². The molecule has 3 aromatic rings. The van der Waals surface area contributed by atoms with E-state index in [1.165, 1.54) is 0 Å². The fourth-order valence-electron chi connectivity index (χ4n) is 2.38. The molecule has 0 atom stereocenters. The van der Waals surface area contributed by atoms with Crippen molar-refractivity contribution in [3.63, 3.8) is 0 Å². The van der Waals surface area contributed by atoms with Crippen molar-refractivity contribution in [2.75, 3.05) is 0 Å². The largest absolute Gasteiger partial charge is 0.491 e. The molecular weight excluding hydrogens is 350 g/mol. The van der Waals surface area contributed by atoms with E-state index >= 15 is 0 Å². The molecule has 0 bridgehead atoms. The average molecular weight is 371 g/mol. The third-order valence-corrected chi connectivity index (χ3v) is 4.30. The summed E-state index contributed by atoms with van der Waals surface area (Å²) in [5.41, 5.74) is 1.85. The van der Waals surface area contributed by atoms with Crippen LogP contribution < -0.4 is 10.1 Å². The summed E-state index contributed by atoms with van der Waals surface area (Å²) < 4.78 is 11.3. The van der Waals surface area contributed by atoms with Crippen LogP contribution in [0.3, 0.4) is 0 Å². The minimum Gasteiger partial charge on any atom is -0.491 e. The molecule has 2 heterocycles. The zero-order valence-electron chi connectivity index (χ0n) is 14.8. The summed E-state index contributed by atoms with van der Waals surface area (Å²) in [6.07, 6.45) is 0.785. The molecule has 0 unspecified atom stereocenters. The number of carbonyl (C=O) groups is 1. The number of para-hydroxylation sites is 1. The first-order valence-corrected chi connectivity index (χ1v) is 9.42. The number of ether oxygens (including phenoxy) is 1. The van der Waals surface area contributed by atoms with Crippen molar-refractivity contribution in [2.45, 2.75) is 39.3 Å². The van der Waals surface area contributed by atoms with E-state index in [1.807, 2.05) is 54.9 Å². The smallest absolute Gasteiger partial charge is 0.248 e. The Hall–Kier alpha value is -2.67. The zero-order chi connectivity index (χ0) is 18.4. The number of aromatic nitrogens is 2. The van der Waals surface area contributed by atoms with Gasteiger partial charge < -0.3 is 14.5 Å². The minimum atomic E-state index is -0.0698. The maximum Gasteiger partial charge on any atom is 0.248 e. The first-order valence-electron chi connectivity index (χ1n) is 8.48. The predicted molar refractivity (Wildman–Crippen MR) is 100.0 cm³/mol. The molecule has 7 heteroatoms. The van der Waals surface area contributed by atoms with Crippen LogP contribution in [-0.2, 0) is 17.8 Å². The number of thiophene rings is 1. The first-order chi connectivity index (χ1) is 12.6. The standard InChI is InChI=1S/C19H21N3O3S/c1-13(2)24-16-6-4-3-5-14(16)11-20-17(23)7-8-18-21-22-19(25-18)15-9-10-26-12-15/h3-6,9-10,12-13H,7-8,11H2,1-2H3,(H,20,23). The maximum atomic E-state index is 12.1. The van der Waals surface area contributed by atoms with E-state index in [0.717, 1.165) is 16.9 Å². The van der Waals surface area contributed by atoms with E-state index in [2.05, 4.69) is 15.5 Å². The van der Waals surface area contributed by atoms with E-state index in [0.29, 0.717) is 31.2 Å². The molecule has 1 amide bonds. The lowest BCUT2D eigenvalue weighted by atomic mass is 10.2. The van der Waals surface area contributed by atoms with Crippen LogP contribution in [0.25, 0.3) is 11.5 Å². The minimum absolute atomic E-state index is 0.0698. The van der Waals surface area contributed by atoms with Crippen LogP contribution in [0.1, 0.15) is 31.7 Å². The number of amides is 1. The summed E-state index contributed by atoms with van der Waals surface area (Å²) in [7, 11) is 0. The van der Waals surface area contributed by atoms with Gasteiger partial charge in [-0.05, 0) is 31.4 Å². The number of rotatable bonds is 8. The molecule has 0 aliphatic rings. The fraction of sp³-hybridized carbons (Fsp3) is 0.316. The second-order valence-corrected chi connectivity index (χ2v) is 6.84. The number of hydrogen-bond acceptors (Lipinski definition) is 6. The van der Waals surface area contributed by atoms with Gasteiger partial charge in [0.1, 0.15) is 5.75 Å². The van der Waals surface area contributed by atoms with Crippen LogP contribution in [0.15, 0.2) is 45.5 Å². The highest BCUT2D eigenvalue weighted by atomic mass is 32.1. The van der Waals surface area contributed by atoms with Gasteiger partial charge in [-0.3, -0.25) is 4.79 Å². The summed E-state index contributed by atoms with van der Waals surface area (Å²) in [6, 6.07) is 9.63. The predicted octanol–water partition coefficient (Wildman–Crippen LogP) is 3.83. The molecule has 0 fully saturated rings. The molecule has 0 aliphatic heterocycles. The zero-order valence-corrected chi connectivity index (χ0v) is 15.6. The third kappa shape index (κ3) is 4.92. The number of nitrogens with one attached hydrogen (secondary N) is 1. The fourth-order valence-corrected chi connectivity index (χ4v) is 3.01. The molecule has 1 N–H and O–H groups in total. The lowest BCUT2D eigenvalue weighted by Crippen LogP contribution is -2.23. The van der Waals surface area contributed by atoms with E-state index in [4.69, 9.17) is 9.15 Å². The van der Waals surface area contributed by atoms with Gasteiger partial charge in [-0.1, -0.05) is 18.2 Å². The topological polar surface area (TPSA) is 77.2 Å². The molecule has 6 nitrogen and oxygen atoms in total. The molecular formula is C19H21N3O3S. The monoisotopic (exact) mass is 371 g/mol. The molecule has 26 heavy (non-hydrogen) atoms. The van der Waals surface area contributed by atoms with Gasteiger partial charge in [0.2, 0.25) is 17.7 Å². The molecule has 3 rings (SSSR count). The number of hydrogen-bond donors (Lipinski definition) is 1. The average Bonchev–Trinajstić information content (AvgIpc) is 3.30. The Bertz CT molecular complexity index is 843. The normalized spacial score (nSPS) is 10.9. The van der Waals surface area contributed by atoms with Crippen LogP contribution >= 0.6 is 11.3 Å². The molecule has 0 saturated carbocycles. The van der Waals surface area contributed by atoms with E-state index in [9.17, 15) is 4.79 Å². The van der Waals surface area contributed by atoms with Gasteiger partial charge in [-0.25, -0.2) is 0 Å². The van der Waals surface area contributed by atoms with Crippen molar-refractivity contribution in [1.82, 2.24) is 15.5 Å². The molecule has 0 spiro atoms. The number of benzene rings is 1. The Labute approximate surface area is 156 Å². The Balaban J connectivity index is 1.49. The summed E-state index contributed by atoms with van der Waals surface area (Å²) >= 11 is 1.57. The van der Waals surface area contributed by atoms with Crippen LogP contribution in [0.4, 0.5) is 0 Å². The Morgan fingerprint density at radius 3 is 2.88 bits per heavy atom. The highest BCUT2D eigenvalue weighted by molar-refractivity contribution is 7.08. The molecule has 0 aliphatic carbocycles. The Morgan fingerprint density at radius 2 is 2.12 bits per heavy atom. The van der Waals surface area contributed by atoms with Crippen molar-refractivity contribution in [3.8, 4) is 17.2 Å². The highest BCUT2D eigenvalue weighted by Gasteiger charge is 2.11. The van der Waals surface area contributed by atoms with Gasteiger partial charge in [-0.15, -0.1) is 10.2 Å². The van der Waals surface area contributed by atoms with Crippen LogP contribution in [-0.4, -0.2) is 22.2 Å². The summed E-state index contributed by atoms with van der Waals surface area (Å²) in [5.74, 6) is 1.67. The van der Waals surface area contributed by atoms with Gasteiger partial charge >= 0.3 is 0 Å². The van der Waals surface area contributed by atoms with Crippen LogP contribution in [0.5, 0.6) is 5.75 Å². The second-order valence-electron chi connectivity index (χ2n) is 6.06. The molecule has 1 aromatic carbocycles. The van der Waals surface area contributed by atoms with E-state index < -0.39 is 0 Å². The number of nitrogens with zero attached hydrogens (tertiary/aromatic N) is 2. The second kappa shape index (κ2) is 8.62. The first kappa shape index (κ1) is 18.1. The molecule has 0 radical (unpaired) electrons. The van der Waals surface area contributed by atoms with Gasteiger partial charge in [0.25, 0.3) is 0 Å².